The van der Waals surface area contributed by atoms with Gasteiger partial charge in [-0.1, -0.05) is 11.6 Å². The lowest BCUT2D eigenvalue weighted by Crippen LogP contribution is -2.21. The minimum atomic E-state index is -1.36. The molecule has 0 atom stereocenters. The van der Waals surface area contributed by atoms with E-state index in [2.05, 4.69) is 9.97 Å². The second kappa shape index (κ2) is 4.64. The molecule has 1 aromatic carbocycles. The van der Waals surface area contributed by atoms with E-state index >= 15 is 0 Å². The van der Waals surface area contributed by atoms with Crippen molar-refractivity contribution in [3.8, 4) is 11.4 Å². The van der Waals surface area contributed by atoms with Gasteiger partial charge < -0.3 is 10.1 Å². The van der Waals surface area contributed by atoms with Crippen molar-refractivity contribution in [2.24, 2.45) is 0 Å². The van der Waals surface area contributed by atoms with Crippen LogP contribution in [0.25, 0.3) is 11.4 Å². The van der Waals surface area contributed by atoms with Crippen molar-refractivity contribution < 1.29 is 14.3 Å². The number of carboxylic acid groups (broad SMARTS) is 1. The molecule has 98 valence electrons. The first-order valence-electron chi connectivity index (χ1n) is 5.51. The summed E-state index contributed by atoms with van der Waals surface area (Å²) < 4.78 is 13.7. The number of halogens is 1. The number of aryl methyl sites for hydroxylation is 2. The van der Waals surface area contributed by atoms with Gasteiger partial charge >= 0.3 is 5.97 Å². The molecular weight excluding hydrogens is 251 g/mol. The highest BCUT2D eigenvalue weighted by atomic mass is 19.1. The lowest BCUT2D eigenvalue weighted by atomic mass is 10.1. The van der Waals surface area contributed by atoms with Gasteiger partial charge in [-0.05, 0) is 26.0 Å². The van der Waals surface area contributed by atoms with Crippen LogP contribution in [0, 0.1) is 19.7 Å². The zero-order chi connectivity index (χ0) is 14.2. The number of nitrogens with one attached hydrogen (secondary N) is 1. The number of hydrogen-bond donors (Lipinski definition) is 2. The van der Waals surface area contributed by atoms with E-state index < -0.39 is 22.9 Å². The van der Waals surface area contributed by atoms with E-state index in [9.17, 15) is 14.0 Å². The molecule has 2 rings (SSSR count). The van der Waals surface area contributed by atoms with Gasteiger partial charge in [-0.3, -0.25) is 4.79 Å². The molecule has 1 aromatic heterocycles. The standard InChI is InChI=1S/C13H11FN2O3/c1-6-3-4-9(14)8(5-6)11-15-7(2)10(13(18)19)12(17)16-11/h3-5H,1-2H3,(H,18,19)(H,15,16,17). The van der Waals surface area contributed by atoms with Crippen LogP contribution in [0.5, 0.6) is 0 Å². The third kappa shape index (κ3) is 2.37. The number of benzene rings is 1. The molecule has 0 aliphatic carbocycles. The molecule has 0 fully saturated rings. The van der Waals surface area contributed by atoms with E-state index in [0.717, 1.165) is 5.56 Å². The summed E-state index contributed by atoms with van der Waals surface area (Å²) in [4.78, 5) is 28.8. The van der Waals surface area contributed by atoms with E-state index in [1.54, 1.807) is 13.0 Å². The third-order valence-electron chi connectivity index (χ3n) is 2.69. The zero-order valence-corrected chi connectivity index (χ0v) is 10.3. The Morgan fingerprint density at radius 1 is 1.37 bits per heavy atom. The molecule has 5 nitrogen and oxygen atoms in total. The number of rotatable bonds is 2. The normalized spacial score (nSPS) is 10.5. The summed E-state index contributed by atoms with van der Waals surface area (Å²) in [5.41, 5.74) is -0.240. The molecule has 0 saturated heterocycles. The Bertz CT molecular complexity index is 722. The van der Waals surface area contributed by atoms with Gasteiger partial charge in [-0.15, -0.1) is 0 Å². The third-order valence-corrected chi connectivity index (χ3v) is 2.69. The summed E-state index contributed by atoms with van der Waals surface area (Å²) in [7, 11) is 0. The summed E-state index contributed by atoms with van der Waals surface area (Å²) in [5, 5.41) is 8.87. The van der Waals surface area contributed by atoms with Crippen molar-refractivity contribution in [1.29, 1.82) is 0 Å². The van der Waals surface area contributed by atoms with E-state index in [1.807, 2.05) is 0 Å². The smallest absolute Gasteiger partial charge is 0.343 e. The number of H-pyrrole nitrogens is 1. The molecule has 0 saturated carbocycles. The van der Waals surface area contributed by atoms with E-state index in [0.29, 0.717) is 0 Å². The maximum atomic E-state index is 13.7. The molecule has 0 aliphatic heterocycles. The second-order valence-corrected chi connectivity index (χ2v) is 4.16. The van der Waals surface area contributed by atoms with E-state index in [1.165, 1.54) is 19.1 Å². The van der Waals surface area contributed by atoms with Gasteiger partial charge in [0.25, 0.3) is 5.56 Å². The molecule has 19 heavy (non-hydrogen) atoms. The fourth-order valence-electron chi connectivity index (χ4n) is 1.79. The van der Waals surface area contributed by atoms with Gasteiger partial charge in [-0.25, -0.2) is 14.2 Å². The average molecular weight is 262 g/mol. The minimum Gasteiger partial charge on any atom is -0.477 e. The largest absolute Gasteiger partial charge is 0.477 e. The lowest BCUT2D eigenvalue weighted by molar-refractivity contribution is 0.0693. The van der Waals surface area contributed by atoms with Crippen LogP contribution in [0.4, 0.5) is 4.39 Å². The number of carboxylic acids is 1. The molecule has 0 spiro atoms. The Labute approximate surface area is 107 Å². The fourth-order valence-corrected chi connectivity index (χ4v) is 1.79. The predicted molar refractivity (Wildman–Crippen MR) is 66.7 cm³/mol. The number of aromatic amines is 1. The van der Waals surface area contributed by atoms with Crippen LogP contribution in [0.1, 0.15) is 21.6 Å². The Kier molecular flexibility index (Phi) is 3.16. The molecule has 0 amide bonds. The van der Waals surface area contributed by atoms with Crippen LogP contribution in [0.2, 0.25) is 0 Å². The monoisotopic (exact) mass is 262 g/mol. The van der Waals surface area contributed by atoms with Crippen molar-refractivity contribution >= 4 is 5.97 Å². The van der Waals surface area contributed by atoms with Gasteiger partial charge in [0, 0.05) is 0 Å². The molecule has 2 aromatic rings. The van der Waals surface area contributed by atoms with Crippen LogP contribution in [0.3, 0.4) is 0 Å². The number of carbonyl (C=O) groups is 1. The first-order chi connectivity index (χ1) is 8.90. The number of hydrogen-bond acceptors (Lipinski definition) is 3. The van der Waals surface area contributed by atoms with Crippen LogP contribution < -0.4 is 5.56 Å². The highest BCUT2D eigenvalue weighted by molar-refractivity contribution is 5.88. The second-order valence-electron chi connectivity index (χ2n) is 4.16. The van der Waals surface area contributed by atoms with E-state index in [-0.39, 0.29) is 17.1 Å². The average Bonchev–Trinajstić information content (AvgIpc) is 2.30. The topological polar surface area (TPSA) is 83.0 Å². The summed E-state index contributed by atoms with van der Waals surface area (Å²) in [6, 6.07) is 4.40. The lowest BCUT2D eigenvalue weighted by Gasteiger charge is -2.06. The van der Waals surface area contributed by atoms with Crippen LogP contribution in [0.15, 0.2) is 23.0 Å². The molecular formula is C13H11FN2O3. The molecule has 2 N–H and O–H groups in total. The first-order valence-corrected chi connectivity index (χ1v) is 5.51. The van der Waals surface area contributed by atoms with Crippen molar-refractivity contribution in [2.75, 3.05) is 0 Å². The Balaban J connectivity index is 2.68. The summed E-state index contributed by atoms with van der Waals surface area (Å²) in [6.07, 6.45) is 0. The zero-order valence-electron chi connectivity index (χ0n) is 10.3. The van der Waals surface area contributed by atoms with Crippen LogP contribution >= 0.6 is 0 Å². The van der Waals surface area contributed by atoms with Gasteiger partial charge in [0.1, 0.15) is 17.2 Å². The first kappa shape index (κ1) is 12.9. The van der Waals surface area contributed by atoms with Gasteiger partial charge in [0.2, 0.25) is 0 Å². The molecule has 1 heterocycles. The van der Waals surface area contributed by atoms with Gasteiger partial charge in [0.15, 0.2) is 0 Å². The number of aromatic nitrogens is 2. The maximum Gasteiger partial charge on any atom is 0.343 e. The predicted octanol–water partition coefficient (Wildman–Crippen LogP) is 1.89. The van der Waals surface area contributed by atoms with Crippen LogP contribution in [-0.4, -0.2) is 21.0 Å². The minimum absolute atomic E-state index is 0.0219. The summed E-state index contributed by atoms with van der Waals surface area (Å²) >= 11 is 0. The van der Waals surface area contributed by atoms with Gasteiger partial charge in [-0.2, -0.15) is 0 Å². The van der Waals surface area contributed by atoms with Crippen molar-refractivity contribution in [3.05, 3.63) is 51.2 Å². The molecule has 0 aliphatic rings. The molecule has 0 unspecified atom stereocenters. The van der Waals surface area contributed by atoms with Crippen molar-refractivity contribution in [1.82, 2.24) is 9.97 Å². The molecule has 0 radical (unpaired) electrons. The highest BCUT2D eigenvalue weighted by Gasteiger charge is 2.17. The quantitative estimate of drug-likeness (QED) is 0.865. The Hall–Kier alpha value is -2.50. The van der Waals surface area contributed by atoms with Crippen LogP contribution in [-0.2, 0) is 0 Å². The molecule has 0 bridgehead atoms. The highest BCUT2D eigenvalue weighted by Crippen LogP contribution is 2.20. The molecule has 6 heteroatoms. The Morgan fingerprint density at radius 2 is 2.05 bits per heavy atom. The van der Waals surface area contributed by atoms with Crippen molar-refractivity contribution in [2.45, 2.75) is 13.8 Å². The maximum absolute atomic E-state index is 13.7. The summed E-state index contributed by atoms with van der Waals surface area (Å²) in [6.45, 7) is 3.18. The number of nitrogens with zero attached hydrogens (tertiary/aromatic N) is 1. The van der Waals surface area contributed by atoms with Gasteiger partial charge in [0.05, 0.1) is 11.3 Å². The fraction of sp³-hybridized carbons (Fsp3) is 0.154. The number of aromatic carboxylic acids is 1. The van der Waals surface area contributed by atoms with E-state index in [4.69, 9.17) is 5.11 Å². The Morgan fingerprint density at radius 3 is 2.63 bits per heavy atom. The summed E-state index contributed by atoms with van der Waals surface area (Å²) in [5.74, 6) is -1.87. The van der Waals surface area contributed by atoms with Crippen molar-refractivity contribution in [3.63, 3.8) is 0 Å². The SMILES string of the molecule is Cc1ccc(F)c(-c2nc(C)c(C(=O)O)c(=O)[nH]2)c1.